The van der Waals surface area contributed by atoms with Crippen LogP contribution in [0.25, 0.3) is 0 Å². The van der Waals surface area contributed by atoms with Gasteiger partial charge in [0, 0.05) is 28.9 Å². The Morgan fingerprint density at radius 3 is 2.61 bits per heavy atom. The molecule has 5 heteroatoms. The third-order valence-electron chi connectivity index (χ3n) is 4.35. The van der Waals surface area contributed by atoms with E-state index < -0.39 is 10.8 Å². The molecule has 1 saturated carbocycles. The summed E-state index contributed by atoms with van der Waals surface area (Å²) in [5.74, 6) is 0.240. The van der Waals surface area contributed by atoms with Crippen molar-refractivity contribution in [3.63, 3.8) is 0 Å². The van der Waals surface area contributed by atoms with E-state index in [1.807, 2.05) is 11.8 Å². The van der Waals surface area contributed by atoms with E-state index in [-0.39, 0.29) is 22.9 Å². The van der Waals surface area contributed by atoms with E-state index in [1.54, 1.807) is 6.26 Å². The van der Waals surface area contributed by atoms with Crippen molar-refractivity contribution >= 4 is 16.7 Å². The van der Waals surface area contributed by atoms with Gasteiger partial charge in [0.1, 0.15) is 0 Å². The SMILES string of the molecule is CCC1NC2(CCCC2)C(=O)N1CC(C)S(C)=O. The third kappa shape index (κ3) is 2.35. The van der Waals surface area contributed by atoms with Crippen LogP contribution in [0.3, 0.4) is 0 Å². The summed E-state index contributed by atoms with van der Waals surface area (Å²) in [7, 11) is -0.873. The van der Waals surface area contributed by atoms with Crippen LogP contribution in [0.15, 0.2) is 0 Å². The highest BCUT2D eigenvalue weighted by atomic mass is 32.2. The van der Waals surface area contributed by atoms with Crippen LogP contribution in [-0.2, 0) is 15.6 Å². The lowest BCUT2D eigenvalue weighted by Crippen LogP contribution is -2.44. The molecule has 0 bridgehead atoms. The molecule has 1 saturated heterocycles. The van der Waals surface area contributed by atoms with Gasteiger partial charge in [0.2, 0.25) is 5.91 Å². The number of hydrogen-bond acceptors (Lipinski definition) is 3. The van der Waals surface area contributed by atoms with Gasteiger partial charge >= 0.3 is 0 Å². The normalized spacial score (nSPS) is 30.1. The topological polar surface area (TPSA) is 49.4 Å². The van der Waals surface area contributed by atoms with Gasteiger partial charge in [0.05, 0.1) is 11.7 Å². The van der Waals surface area contributed by atoms with Gasteiger partial charge < -0.3 is 4.90 Å². The lowest BCUT2D eigenvalue weighted by atomic mass is 9.98. The zero-order chi connectivity index (χ0) is 13.3. The fourth-order valence-electron chi connectivity index (χ4n) is 3.13. The van der Waals surface area contributed by atoms with Crippen molar-refractivity contribution in [2.75, 3.05) is 12.8 Å². The Kier molecular flexibility index (Phi) is 4.11. The molecule has 1 aliphatic heterocycles. The predicted octanol–water partition coefficient (Wildman–Crippen LogP) is 1.23. The Labute approximate surface area is 112 Å². The fraction of sp³-hybridized carbons (Fsp3) is 0.923. The highest BCUT2D eigenvalue weighted by Crippen LogP contribution is 2.37. The molecule has 0 radical (unpaired) electrons. The van der Waals surface area contributed by atoms with Gasteiger partial charge in [0.25, 0.3) is 0 Å². The van der Waals surface area contributed by atoms with Gasteiger partial charge in [-0.2, -0.15) is 0 Å². The average molecular weight is 272 g/mol. The molecule has 3 atom stereocenters. The van der Waals surface area contributed by atoms with Crippen LogP contribution in [0, 0.1) is 0 Å². The summed E-state index contributed by atoms with van der Waals surface area (Å²) in [5, 5.41) is 3.58. The molecule has 4 nitrogen and oxygen atoms in total. The van der Waals surface area contributed by atoms with Gasteiger partial charge in [-0.25, -0.2) is 0 Å². The molecule has 1 amide bonds. The first-order chi connectivity index (χ1) is 8.50. The van der Waals surface area contributed by atoms with E-state index in [9.17, 15) is 9.00 Å². The minimum Gasteiger partial charge on any atom is -0.324 e. The van der Waals surface area contributed by atoms with Crippen molar-refractivity contribution in [3.05, 3.63) is 0 Å². The molecule has 3 unspecified atom stereocenters. The second-order valence-electron chi connectivity index (χ2n) is 5.62. The van der Waals surface area contributed by atoms with Crippen LogP contribution in [-0.4, -0.2) is 44.8 Å². The summed E-state index contributed by atoms with van der Waals surface area (Å²) >= 11 is 0. The Hall–Kier alpha value is -0.420. The molecule has 0 aromatic heterocycles. The smallest absolute Gasteiger partial charge is 0.244 e. The maximum Gasteiger partial charge on any atom is 0.244 e. The summed E-state index contributed by atoms with van der Waals surface area (Å²) in [6.07, 6.45) is 6.95. The first kappa shape index (κ1) is 14.0. The number of hydrogen-bond donors (Lipinski definition) is 1. The number of amides is 1. The molecule has 1 aliphatic carbocycles. The monoisotopic (exact) mass is 272 g/mol. The second-order valence-corrected chi connectivity index (χ2v) is 7.43. The summed E-state index contributed by atoms with van der Waals surface area (Å²) in [6, 6.07) is 0. The predicted molar refractivity (Wildman–Crippen MR) is 73.7 cm³/mol. The lowest BCUT2D eigenvalue weighted by Gasteiger charge is -2.25. The molecule has 1 heterocycles. The zero-order valence-corrected chi connectivity index (χ0v) is 12.4. The Bertz CT molecular complexity index is 353. The first-order valence-corrected chi connectivity index (χ1v) is 8.53. The lowest BCUT2D eigenvalue weighted by molar-refractivity contribution is -0.133. The average Bonchev–Trinajstić information content (AvgIpc) is 2.90. The highest BCUT2D eigenvalue weighted by molar-refractivity contribution is 7.84. The van der Waals surface area contributed by atoms with Crippen LogP contribution in [0.4, 0.5) is 0 Å². The van der Waals surface area contributed by atoms with Gasteiger partial charge in [-0.05, 0) is 26.2 Å². The number of carbonyl (C=O) groups excluding carboxylic acids is 1. The summed E-state index contributed by atoms with van der Waals surface area (Å²) in [4.78, 5) is 14.5. The molecular weight excluding hydrogens is 248 g/mol. The summed E-state index contributed by atoms with van der Waals surface area (Å²) in [6.45, 7) is 4.66. The molecule has 2 fully saturated rings. The molecule has 2 aliphatic rings. The molecule has 18 heavy (non-hydrogen) atoms. The van der Waals surface area contributed by atoms with Crippen molar-refractivity contribution in [2.24, 2.45) is 0 Å². The number of nitrogens with zero attached hydrogens (tertiary/aromatic N) is 1. The van der Waals surface area contributed by atoms with Crippen molar-refractivity contribution < 1.29 is 9.00 Å². The van der Waals surface area contributed by atoms with E-state index >= 15 is 0 Å². The standard InChI is InChI=1S/C13H24N2O2S/c1-4-11-14-13(7-5-6-8-13)12(16)15(11)9-10(2)18(3)17/h10-11,14H,4-9H2,1-3H3. The van der Waals surface area contributed by atoms with Crippen molar-refractivity contribution in [2.45, 2.75) is 62.9 Å². The molecule has 1 N–H and O–H groups in total. The van der Waals surface area contributed by atoms with Crippen LogP contribution in [0.5, 0.6) is 0 Å². The van der Waals surface area contributed by atoms with Crippen LogP contribution < -0.4 is 5.32 Å². The van der Waals surface area contributed by atoms with Crippen LogP contribution >= 0.6 is 0 Å². The van der Waals surface area contributed by atoms with E-state index in [0.717, 1.165) is 32.1 Å². The van der Waals surface area contributed by atoms with E-state index in [1.165, 1.54) is 0 Å². The Morgan fingerprint density at radius 2 is 2.11 bits per heavy atom. The van der Waals surface area contributed by atoms with Gasteiger partial charge in [-0.3, -0.25) is 14.3 Å². The minimum atomic E-state index is -0.873. The number of carbonyl (C=O) groups is 1. The maximum absolute atomic E-state index is 12.6. The van der Waals surface area contributed by atoms with Gasteiger partial charge in [-0.1, -0.05) is 19.8 Å². The maximum atomic E-state index is 12.6. The zero-order valence-electron chi connectivity index (χ0n) is 11.6. The Balaban J connectivity index is 2.13. The quantitative estimate of drug-likeness (QED) is 0.837. The highest BCUT2D eigenvalue weighted by Gasteiger charge is 2.51. The molecule has 1 spiro atoms. The van der Waals surface area contributed by atoms with Gasteiger partial charge in [-0.15, -0.1) is 0 Å². The molecule has 0 aromatic carbocycles. The summed E-state index contributed by atoms with van der Waals surface area (Å²) < 4.78 is 11.5. The molecular formula is C13H24N2O2S. The van der Waals surface area contributed by atoms with Crippen LogP contribution in [0.1, 0.15) is 46.0 Å². The first-order valence-electron chi connectivity index (χ1n) is 6.91. The Morgan fingerprint density at radius 1 is 1.50 bits per heavy atom. The van der Waals surface area contributed by atoms with Crippen LogP contribution in [0.2, 0.25) is 0 Å². The van der Waals surface area contributed by atoms with E-state index in [4.69, 9.17) is 0 Å². The van der Waals surface area contributed by atoms with Crippen molar-refractivity contribution in [1.29, 1.82) is 0 Å². The van der Waals surface area contributed by atoms with E-state index in [2.05, 4.69) is 12.2 Å². The fourth-order valence-corrected chi connectivity index (χ4v) is 3.50. The molecule has 0 aromatic rings. The second kappa shape index (κ2) is 5.29. The minimum absolute atomic E-state index is 0.0429. The third-order valence-corrected chi connectivity index (χ3v) is 5.64. The molecule has 2 rings (SSSR count). The largest absolute Gasteiger partial charge is 0.324 e. The molecule has 104 valence electrons. The van der Waals surface area contributed by atoms with Crippen molar-refractivity contribution in [1.82, 2.24) is 10.2 Å². The summed E-state index contributed by atoms with van der Waals surface area (Å²) in [5.41, 5.74) is -0.296. The van der Waals surface area contributed by atoms with E-state index in [0.29, 0.717) is 6.54 Å². The number of nitrogens with one attached hydrogen (secondary N) is 1. The van der Waals surface area contributed by atoms with Gasteiger partial charge in [0.15, 0.2) is 0 Å². The number of rotatable bonds is 4. The van der Waals surface area contributed by atoms with Crippen molar-refractivity contribution in [3.8, 4) is 0 Å².